The van der Waals surface area contributed by atoms with Gasteiger partial charge in [0.1, 0.15) is 6.61 Å². The van der Waals surface area contributed by atoms with Crippen LogP contribution in [0.25, 0.3) is 11.1 Å². The first-order valence-corrected chi connectivity index (χ1v) is 12.4. The largest absolute Gasteiger partial charge is 0.481 e. The van der Waals surface area contributed by atoms with Crippen LogP contribution >= 0.6 is 0 Å². The summed E-state index contributed by atoms with van der Waals surface area (Å²) in [6.07, 6.45) is 2.25. The van der Waals surface area contributed by atoms with Crippen molar-refractivity contribution in [1.29, 1.82) is 0 Å². The van der Waals surface area contributed by atoms with E-state index in [1.807, 2.05) is 38.1 Å². The third-order valence-corrected chi connectivity index (χ3v) is 7.46. The molecule has 0 bridgehead atoms. The van der Waals surface area contributed by atoms with Gasteiger partial charge in [-0.3, -0.25) is 9.59 Å². The Kier molecular flexibility index (Phi) is 7.43. The average molecular weight is 479 g/mol. The van der Waals surface area contributed by atoms with Crippen LogP contribution in [-0.2, 0) is 14.3 Å². The van der Waals surface area contributed by atoms with Crippen molar-refractivity contribution < 1.29 is 24.2 Å². The summed E-state index contributed by atoms with van der Waals surface area (Å²) >= 11 is 0. The van der Waals surface area contributed by atoms with Crippen LogP contribution in [0.5, 0.6) is 0 Å². The molecule has 0 unspecified atom stereocenters. The Balaban J connectivity index is 1.31. The number of alkyl carbamates (subject to hydrolysis) is 1. The summed E-state index contributed by atoms with van der Waals surface area (Å²) < 4.78 is 5.64. The molecule has 2 aromatic carbocycles. The Labute approximate surface area is 206 Å². The van der Waals surface area contributed by atoms with Crippen LogP contribution in [0.2, 0.25) is 0 Å². The fourth-order valence-electron chi connectivity index (χ4n) is 5.22. The van der Waals surface area contributed by atoms with Gasteiger partial charge in [0.2, 0.25) is 5.91 Å². The predicted octanol–water partition coefficient (Wildman–Crippen LogP) is 4.70. The topological polar surface area (TPSA) is 105 Å². The number of carbonyl (C=O) groups is 3. The van der Waals surface area contributed by atoms with Crippen molar-refractivity contribution >= 4 is 18.0 Å². The number of amides is 2. The summed E-state index contributed by atoms with van der Waals surface area (Å²) in [5, 5.41) is 14.9. The van der Waals surface area contributed by atoms with Crippen molar-refractivity contribution in [2.24, 2.45) is 11.3 Å². The highest BCUT2D eigenvalue weighted by Gasteiger charge is 2.39. The molecule has 186 valence electrons. The summed E-state index contributed by atoms with van der Waals surface area (Å²) in [4.78, 5) is 36.4. The SMILES string of the molecule is CC(C)[C@H](CC(=O)NCC1(CC(=O)O)CCC1)NC(=O)OCC1c2ccccc2-c2ccccc21. The second-order valence-corrected chi connectivity index (χ2v) is 10.2. The monoisotopic (exact) mass is 478 g/mol. The summed E-state index contributed by atoms with van der Waals surface area (Å²) in [5.74, 6) is -1.03. The molecule has 4 rings (SSSR count). The molecule has 0 saturated heterocycles. The molecule has 7 nitrogen and oxygen atoms in total. The number of benzene rings is 2. The number of carbonyl (C=O) groups excluding carboxylic acids is 2. The number of rotatable bonds is 10. The highest BCUT2D eigenvalue weighted by molar-refractivity contribution is 5.80. The van der Waals surface area contributed by atoms with Crippen molar-refractivity contribution in [3.63, 3.8) is 0 Å². The molecule has 1 fully saturated rings. The van der Waals surface area contributed by atoms with Crippen LogP contribution in [-0.4, -0.2) is 42.3 Å². The zero-order chi connectivity index (χ0) is 25.0. The Morgan fingerprint density at radius 1 is 1.03 bits per heavy atom. The van der Waals surface area contributed by atoms with E-state index in [0.717, 1.165) is 30.4 Å². The molecular weight excluding hydrogens is 444 g/mol. The van der Waals surface area contributed by atoms with Crippen LogP contribution < -0.4 is 10.6 Å². The first kappa shape index (κ1) is 24.8. The lowest BCUT2D eigenvalue weighted by atomic mass is 9.66. The number of hydrogen-bond donors (Lipinski definition) is 3. The third-order valence-electron chi connectivity index (χ3n) is 7.46. The van der Waals surface area contributed by atoms with Crippen molar-refractivity contribution in [3.05, 3.63) is 59.7 Å². The first-order chi connectivity index (χ1) is 16.8. The Hall–Kier alpha value is -3.35. The molecule has 2 aliphatic carbocycles. The van der Waals surface area contributed by atoms with E-state index in [0.29, 0.717) is 6.54 Å². The maximum Gasteiger partial charge on any atom is 0.407 e. The van der Waals surface area contributed by atoms with Gasteiger partial charge in [-0.05, 0) is 46.4 Å². The van der Waals surface area contributed by atoms with Gasteiger partial charge in [-0.15, -0.1) is 0 Å². The minimum Gasteiger partial charge on any atom is -0.481 e. The van der Waals surface area contributed by atoms with Crippen LogP contribution in [0.3, 0.4) is 0 Å². The quantitative estimate of drug-likeness (QED) is 0.459. The Morgan fingerprint density at radius 2 is 1.63 bits per heavy atom. The summed E-state index contributed by atoms with van der Waals surface area (Å²) in [6, 6.07) is 15.9. The molecule has 1 saturated carbocycles. The van der Waals surface area contributed by atoms with Gasteiger partial charge in [-0.1, -0.05) is 68.8 Å². The van der Waals surface area contributed by atoms with Crippen molar-refractivity contribution in [1.82, 2.24) is 10.6 Å². The lowest BCUT2D eigenvalue weighted by Crippen LogP contribution is -2.46. The maximum absolute atomic E-state index is 12.7. The van der Waals surface area contributed by atoms with Gasteiger partial charge in [0.15, 0.2) is 0 Å². The highest BCUT2D eigenvalue weighted by atomic mass is 16.5. The number of fused-ring (bicyclic) bond motifs is 3. The zero-order valence-corrected chi connectivity index (χ0v) is 20.4. The van der Waals surface area contributed by atoms with E-state index in [2.05, 4.69) is 34.9 Å². The molecule has 7 heteroatoms. The molecule has 0 spiro atoms. The summed E-state index contributed by atoms with van der Waals surface area (Å²) in [5.41, 5.74) is 4.29. The van der Waals surface area contributed by atoms with Crippen molar-refractivity contribution in [2.45, 2.75) is 57.9 Å². The lowest BCUT2D eigenvalue weighted by molar-refractivity contribution is -0.142. The van der Waals surface area contributed by atoms with Gasteiger partial charge in [0.05, 0.1) is 6.42 Å². The van der Waals surface area contributed by atoms with Crippen LogP contribution in [0.4, 0.5) is 4.79 Å². The Morgan fingerprint density at radius 3 is 2.14 bits per heavy atom. The molecule has 35 heavy (non-hydrogen) atoms. The van der Waals surface area contributed by atoms with Gasteiger partial charge in [0.25, 0.3) is 0 Å². The second kappa shape index (κ2) is 10.5. The molecular formula is C28H34N2O5. The van der Waals surface area contributed by atoms with E-state index in [1.54, 1.807) is 0 Å². The second-order valence-electron chi connectivity index (χ2n) is 10.2. The van der Waals surface area contributed by atoms with Gasteiger partial charge >= 0.3 is 12.1 Å². The van der Waals surface area contributed by atoms with Crippen molar-refractivity contribution in [2.75, 3.05) is 13.2 Å². The van der Waals surface area contributed by atoms with Crippen molar-refractivity contribution in [3.8, 4) is 11.1 Å². The molecule has 1 atom stereocenters. The molecule has 0 radical (unpaired) electrons. The number of nitrogens with one attached hydrogen (secondary N) is 2. The van der Waals surface area contributed by atoms with E-state index in [1.165, 1.54) is 11.1 Å². The van der Waals surface area contributed by atoms with Gasteiger partial charge < -0.3 is 20.5 Å². The Bertz CT molecular complexity index is 1050. The molecule has 3 N–H and O–H groups in total. The molecule has 0 aliphatic heterocycles. The molecule has 2 aliphatic rings. The fourth-order valence-corrected chi connectivity index (χ4v) is 5.22. The standard InChI is InChI=1S/C28H34N2O5/c1-18(2)24(14-25(31)29-17-28(12-7-13-28)15-26(32)33)30-27(34)35-16-23-21-10-5-3-8-19(21)20-9-4-6-11-22(20)23/h3-6,8-11,18,23-24H,7,12-17H2,1-2H3,(H,29,31)(H,30,34)(H,32,33)/t24-/m0/s1. The third kappa shape index (κ3) is 5.66. The van der Waals surface area contributed by atoms with E-state index in [9.17, 15) is 14.4 Å². The maximum atomic E-state index is 12.7. The number of carboxylic acids is 1. The number of hydrogen-bond acceptors (Lipinski definition) is 4. The summed E-state index contributed by atoms with van der Waals surface area (Å²) in [7, 11) is 0. The molecule has 0 aromatic heterocycles. The summed E-state index contributed by atoms with van der Waals surface area (Å²) in [6.45, 7) is 4.46. The van der Waals surface area contributed by atoms with E-state index >= 15 is 0 Å². The van der Waals surface area contributed by atoms with E-state index < -0.39 is 12.1 Å². The smallest absolute Gasteiger partial charge is 0.407 e. The van der Waals surface area contributed by atoms with E-state index in [4.69, 9.17) is 9.84 Å². The molecule has 2 aromatic rings. The highest BCUT2D eigenvalue weighted by Crippen LogP contribution is 2.45. The number of aliphatic carboxylic acids is 1. The fraction of sp³-hybridized carbons (Fsp3) is 0.464. The minimum absolute atomic E-state index is 0.0258. The van der Waals surface area contributed by atoms with E-state index in [-0.39, 0.29) is 48.6 Å². The van der Waals surface area contributed by atoms with Gasteiger partial charge in [-0.25, -0.2) is 4.79 Å². The zero-order valence-electron chi connectivity index (χ0n) is 20.4. The lowest BCUT2D eigenvalue weighted by Gasteiger charge is -2.41. The normalized spacial score (nSPS) is 16.5. The minimum atomic E-state index is -0.837. The van der Waals surface area contributed by atoms with Gasteiger partial charge in [-0.2, -0.15) is 0 Å². The predicted molar refractivity (Wildman–Crippen MR) is 133 cm³/mol. The van der Waals surface area contributed by atoms with Crippen LogP contribution in [0.15, 0.2) is 48.5 Å². The number of ether oxygens (including phenoxy) is 1. The number of carboxylic acid groups (broad SMARTS) is 1. The van der Waals surface area contributed by atoms with Crippen LogP contribution in [0, 0.1) is 11.3 Å². The first-order valence-electron chi connectivity index (χ1n) is 12.4. The average Bonchev–Trinajstić information content (AvgIpc) is 3.12. The molecule has 0 heterocycles. The van der Waals surface area contributed by atoms with Gasteiger partial charge in [0, 0.05) is 24.9 Å². The molecule has 2 amide bonds. The van der Waals surface area contributed by atoms with Crippen LogP contribution in [0.1, 0.15) is 63.0 Å².